The molecule has 0 atom stereocenters. The van der Waals surface area contributed by atoms with Gasteiger partial charge in [0.1, 0.15) is 4.90 Å². The highest BCUT2D eigenvalue weighted by Crippen LogP contribution is 2.42. The topological polar surface area (TPSA) is 69.2 Å². The molecule has 0 saturated heterocycles. The van der Waals surface area contributed by atoms with Gasteiger partial charge in [-0.15, -0.1) is 0 Å². The molecule has 0 aliphatic rings. The fourth-order valence-corrected chi connectivity index (χ4v) is 3.18. The van der Waals surface area contributed by atoms with Crippen LogP contribution in [0.15, 0.2) is 50.7 Å². The Hall–Kier alpha value is -1.24. The minimum atomic E-state index is -0.485. The lowest BCUT2D eigenvalue weighted by molar-refractivity contribution is -0.387. The molecule has 0 heterocycles. The van der Waals surface area contributed by atoms with E-state index >= 15 is 0 Å². The molecule has 2 rings (SSSR count). The Morgan fingerprint density at radius 2 is 2.00 bits per heavy atom. The van der Waals surface area contributed by atoms with Crippen LogP contribution in [-0.2, 0) is 0 Å². The summed E-state index contributed by atoms with van der Waals surface area (Å²) in [6.45, 7) is 0. The third-order valence-electron chi connectivity index (χ3n) is 2.31. The van der Waals surface area contributed by atoms with E-state index in [-0.39, 0.29) is 10.7 Å². The zero-order valence-electron chi connectivity index (χ0n) is 9.47. The van der Waals surface area contributed by atoms with Gasteiger partial charge in [0, 0.05) is 20.5 Å². The maximum absolute atomic E-state index is 11.1. The second kappa shape index (κ2) is 5.81. The van der Waals surface area contributed by atoms with E-state index in [0.29, 0.717) is 10.6 Å². The van der Waals surface area contributed by atoms with E-state index < -0.39 is 4.92 Å². The van der Waals surface area contributed by atoms with Crippen molar-refractivity contribution in [3.8, 4) is 0 Å². The van der Waals surface area contributed by atoms with Crippen molar-refractivity contribution in [3.63, 3.8) is 0 Å². The van der Waals surface area contributed by atoms with E-state index in [1.807, 2.05) is 24.3 Å². The Labute approximate surface area is 127 Å². The van der Waals surface area contributed by atoms with Crippen LogP contribution in [0.2, 0.25) is 5.02 Å². The van der Waals surface area contributed by atoms with Crippen LogP contribution in [0.25, 0.3) is 0 Å². The number of nitro benzene ring substituents is 1. The van der Waals surface area contributed by atoms with Crippen molar-refractivity contribution in [2.45, 2.75) is 9.79 Å². The van der Waals surface area contributed by atoms with Crippen molar-refractivity contribution in [2.24, 2.45) is 0 Å². The molecule has 0 bridgehead atoms. The van der Waals surface area contributed by atoms with Gasteiger partial charge in [0.25, 0.3) is 5.69 Å². The van der Waals surface area contributed by atoms with E-state index in [2.05, 4.69) is 15.9 Å². The summed E-state index contributed by atoms with van der Waals surface area (Å²) in [6, 6.07) is 10.2. The maximum atomic E-state index is 11.1. The third kappa shape index (κ3) is 3.20. The lowest BCUT2D eigenvalue weighted by Gasteiger charge is -2.08. The molecule has 0 radical (unpaired) electrons. The zero-order chi connectivity index (χ0) is 14.0. The van der Waals surface area contributed by atoms with E-state index in [9.17, 15) is 10.1 Å². The molecule has 98 valence electrons. The first kappa shape index (κ1) is 14.2. The van der Waals surface area contributed by atoms with Crippen molar-refractivity contribution in [1.82, 2.24) is 0 Å². The molecule has 19 heavy (non-hydrogen) atoms. The Morgan fingerprint density at radius 1 is 1.32 bits per heavy atom. The van der Waals surface area contributed by atoms with Crippen LogP contribution in [0.1, 0.15) is 0 Å². The summed E-state index contributed by atoms with van der Waals surface area (Å²) < 4.78 is 0.851. The largest absolute Gasteiger partial charge is 0.398 e. The monoisotopic (exact) mass is 358 g/mol. The number of nitrogens with two attached hydrogens (primary N) is 1. The molecular weight excluding hydrogens is 352 g/mol. The van der Waals surface area contributed by atoms with Gasteiger partial charge in [0.05, 0.1) is 10.6 Å². The number of rotatable bonds is 3. The average molecular weight is 360 g/mol. The summed E-state index contributed by atoms with van der Waals surface area (Å²) in [5.74, 6) is 0. The zero-order valence-corrected chi connectivity index (χ0v) is 12.6. The maximum Gasteiger partial charge on any atom is 0.286 e. The fourth-order valence-electron chi connectivity index (χ4n) is 1.48. The molecule has 0 amide bonds. The Bertz CT molecular complexity index is 652. The molecule has 0 aliphatic heterocycles. The molecule has 0 saturated carbocycles. The van der Waals surface area contributed by atoms with Crippen LogP contribution in [0.5, 0.6) is 0 Å². The Kier molecular flexibility index (Phi) is 4.34. The molecule has 7 heteroatoms. The molecule has 4 nitrogen and oxygen atoms in total. The van der Waals surface area contributed by atoms with Crippen molar-refractivity contribution in [2.75, 3.05) is 5.73 Å². The first-order chi connectivity index (χ1) is 8.99. The summed E-state index contributed by atoms with van der Waals surface area (Å²) >= 11 is 10.4. The number of hydrogen-bond acceptors (Lipinski definition) is 4. The smallest absolute Gasteiger partial charge is 0.286 e. The Balaban J connectivity index is 2.51. The molecule has 0 fully saturated rings. The van der Waals surface area contributed by atoms with Gasteiger partial charge in [-0.3, -0.25) is 10.1 Å². The van der Waals surface area contributed by atoms with Gasteiger partial charge in [-0.2, -0.15) is 0 Å². The van der Waals surface area contributed by atoms with Gasteiger partial charge in [-0.25, -0.2) is 0 Å². The highest BCUT2D eigenvalue weighted by atomic mass is 79.9. The van der Waals surface area contributed by atoms with Crippen LogP contribution in [0, 0.1) is 10.1 Å². The predicted molar refractivity (Wildman–Crippen MR) is 80.8 cm³/mol. The van der Waals surface area contributed by atoms with E-state index in [4.69, 9.17) is 17.3 Å². The second-order valence-electron chi connectivity index (χ2n) is 3.63. The van der Waals surface area contributed by atoms with E-state index in [1.165, 1.54) is 23.9 Å². The minimum absolute atomic E-state index is 0.0919. The number of hydrogen-bond donors (Lipinski definition) is 1. The summed E-state index contributed by atoms with van der Waals surface area (Å²) in [4.78, 5) is 11.8. The molecule has 0 aliphatic carbocycles. The molecule has 0 unspecified atom stereocenters. The molecule has 0 aromatic heterocycles. The second-order valence-corrected chi connectivity index (χ2v) is 5.98. The highest BCUT2D eigenvalue weighted by Gasteiger charge is 2.20. The summed E-state index contributed by atoms with van der Waals surface area (Å²) in [5.41, 5.74) is 6.03. The van der Waals surface area contributed by atoms with Gasteiger partial charge >= 0.3 is 0 Å². The molecule has 2 aromatic rings. The van der Waals surface area contributed by atoms with Crippen LogP contribution in [0.3, 0.4) is 0 Å². The number of anilines is 1. The number of nitro groups is 1. The van der Waals surface area contributed by atoms with Crippen LogP contribution < -0.4 is 5.73 Å². The first-order valence-electron chi connectivity index (χ1n) is 5.15. The number of benzene rings is 2. The summed E-state index contributed by atoms with van der Waals surface area (Å²) in [5, 5.41) is 11.3. The SMILES string of the molecule is Nc1cc(Cl)cc([N+](=O)[O-])c1Sc1ccccc1Br. The first-order valence-corrected chi connectivity index (χ1v) is 7.13. The van der Waals surface area contributed by atoms with Gasteiger partial charge < -0.3 is 5.73 Å². The van der Waals surface area contributed by atoms with E-state index in [1.54, 1.807) is 0 Å². The van der Waals surface area contributed by atoms with Crippen molar-refractivity contribution in [3.05, 3.63) is 56.0 Å². The third-order valence-corrected chi connectivity index (χ3v) is 4.71. The molecule has 0 spiro atoms. The van der Waals surface area contributed by atoms with Crippen molar-refractivity contribution < 1.29 is 4.92 Å². The number of nitrogens with zero attached hydrogens (tertiary/aromatic N) is 1. The average Bonchev–Trinajstić information content (AvgIpc) is 2.34. The lowest BCUT2D eigenvalue weighted by Crippen LogP contribution is -1.96. The minimum Gasteiger partial charge on any atom is -0.398 e. The fraction of sp³-hybridized carbons (Fsp3) is 0. The van der Waals surface area contributed by atoms with Crippen molar-refractivity contribution >= 4 is 50.7 Å². The number of nitrogen functional groups attached to an aromatic ring is 1. The van der Waals surface area contributed by atoms with Crippen LogP contribution in [0.4, 0.5) is 11.4 Å². The van der Waals surface area contributed by atoms with Crippen LogP contribution >= 0.6 is 39.3 Å². The molecule has 2 aromatic carbocycles. The van der Waals surface area contributed by atoms with Gasteiger partial charge in [-0.1, -0.05) is 35.5 Å². The lowest BCUT2D eigenvalue weighted by atomic mass is 10.3. The van der Waals surface area contributed by atoms with Gasteiger partial charge in [-0.05, 0) is 34.1 Å². The predicted octanol–water partition coefficient (Wildman–Crippen LogP) is 4.74. The summed E-state index contributed by atoms with van der Waals surface area (Å²) in [6.07, 6.45) is 0. The van der Waals surface area contributed by atoms with Gasteiger partial charge in [0.15, 0.2) is 0 Å². The summed E-state index contributed by atoms with van der Waals surface area (Å²) in [7, 11) is 0. The Morgan fingerprint density at radius 3 is 2.63 bits per heavy atom. The standard InChI is InChI=1S/C12H8BrClN2O2S/c13-8-3-1-2-4-11(8)19-12-9(15)5-7(14)6-10(12)16(17)18/h1-6H,15H2. The molecule has 2 N–H and O–H groups in total. The quantitative estimate of drug-likeness (QED) is 0.488. The number of halogens is 2. The normalized spacial score (nSPS) is 10.4. The van der Waals surface area contributed by atoms with Crippen molar-refractivity contribution in [1.29, 1.82) is 0 Å². The van der Waals surface area contributed by atoms with E-state index in [0.717, 1.165) is 9.37 Å². The highest BCUT2D eigenvalue weighted by molar-refractivity contribution is 9.10. The van der Waals surface area contributed by atoms with Gasteiger partial charge in [0.2, 0.25) is 0 Å². The van der Waals surface area contributed by atoms with Crippen LogP contribution in [-0.4, -0.2) is 4.92 Å². The molecular formula is C12H8BrClN2O2S.